The van der Waals surface area contributed by atoms with E-state index >= 15 is 0 Å². The molecule has 0 unspecified atom stereocenters. The van der Waals surface area contributed by atoms with Crippen LogP contribution in [0.15, 0.2) is 17.1 Å². The number of rotatable bonds is 3. The van der Waals surface area contributed by atoms with Crippen molar-refractivity contribution in [2.24, 2.45) is 0 Å². The quantitative estimate of drug-likeness (QED) is 0.565. The van der Waals surface area contributed by atoms with E-state index in [0.717, 1.165) is 6.08 Å². The van der Waals surface area contributed by atoms with Gasteiger partial charge in [-0.3, -0.25) is 9.78 Å². The molecule has 0 radical (unpaired) electrons. The van der Waals surface area contributed by atoms with E-state index in [2.05, 4.69) is 20.0 Å². The van der Waals surface area contributed by atoms with Gasteiger partial charge in [-0.15, -0.1) is 0 Å². The van der Waals surface area contributed by atoms with E-state index in [0.29, 0.717) is 5.56 Å². The Labute approximate surface area is 96.5 Å². The highest BCUT2D eigenvalue weighted by molar-refractivity contribution is 5.92. The van der Waals surface area contributed by atoms with E-state index in [9.17, 15) is 14.4 Å². The van der Waals surface area contributed by atoms with Gasteiger partial charge in [-0.1, -0.05) is 0 Å². The van der Waals surface area contributed by atoms with Gasteiger partial charge >= 0.3 is 11.7 Å². The lowest BCUT2D eigenvalue weighted by Gasteiger charge is -2.04. The van der Waals surface area contributed by atoms with Crippen molar-refractivity contribution in [2.45, 2.75) is 6.92 Å². The average molecular weight is 237 g/mol. The van der Waals surface area contributed by atoms with E-state index < -0.39 is 11.7 Å². The fourth-order valence-corrected chi connectivity index (χ4v) is 1.04. The Morgan fingerprint density at radius 1 is 1.53 bits per heavy atom. The fourth-order valence-electron chi connectivity index (χ4n) is 1.04. The molecule has 1 aromatic heterocycles. The van der Waals surface area contributed by atoms with Crippen LogP contribution >= 0.6 is 0 Å². The summed E-state index contributed by atoms with van der Waals surface area (Å²) in [7, 11) is 1.24. The molecule has 0 atom stereocenters. The number of hydrogen-bond acceptors (Lipinski definition) is 5. The number of amides is 1. The SMILES string of the molecule is COC(=O)C=Cc1cnc(=O)[nH]c1NC(C)=O. The van der Waals surface area contributed by atoms with Gasteiger partial charge in [0, 0.05) is 24.8 Å². The molecule has 1 heterocycles. The maximum absolute atomic E-state index is 11.0. The van der Waals surface area contributed by atoms with E-state index in [4.69, 9.17) is 0 Å². The topological polar surface area (TPSA) is 101 Å². The van der Waals surface area contributed by atoms with Crippen molar-refractivity contribution in [3.8, 4) is 0 Å². The number of nitrogens with one attached hydrogen (secondary N) is 2. The zero-order valence-corrected chi connectivity index (χ0v) is 9.31. The summed E-state index contributed by atoms with van der Waals surface area (Å²) < 4.78 is 4.41. The summed E-state index contributed by atoms with van der Waals surface area (Å²) in [5, 5.41) is 2.42. The van der Waals surface area contributed by atoms with Crippen LogP contribution in [0.5, 0.6) is 0 Å². The number of nitrogens with zero attached hydrogens (tertiary/aromatic N) is 1. The molecule has 7 heteroatoms. The van der Waals surface area contributed by atoms with Crippen LogP contribution in [0.25, 0.3) is 6.08 Å². The standard InChI is InChI=1S/C10H11N3O4/c1-6(14)12-9-7(3-4-8(15)17-2)5-11-10(16)13-9/h3-5H,1-2H3,(H2,11,12,13,14,16). The molecule has 0 aliphatic carbocycles. The van der Waals surface area contributed by atoms with Gasteiger partial charge in [0.1, 0.15) is 5.82 Å². The Bertz CT molecular complexity index is 519. The number of anilines is 1. The largest absolute Gasteiger partial charge is 0.466 e. The van der Waals surface area contributed by atoms with Gasteiger partial charge in [0.25, 0.3) is 0 Å². The second-order valence-corrected chi connectivity index (χ2v) is 3.06. The summed E-state index contributed by atoms with van der Waals surface area (Å²) >= 11 is 0. The van der Waals surface area contributed by atoms with Gasteiger partial charge in [-0.2, -0.15) is 0 Å². The third-order valence-electron chi connectivity index (χ3n) is 1.74. The molecule has 0 spiro atoms. The van der Waals surface area contributed by atoms with Crippen LogP contribution in [-0.2, 0) is 14.3 Å². The summed E-state index contributed by atoms with van der Waals surface area (Å²) in [6, 6.07) is 0. The Kier molecular flexibility index (Phi) is 4.15. The number of ether oxygens (including phenoxy) is 1. The molecule has 0 bridgehead atoms. The highest BCUT2D eigenvalue weighted by Gasteiger charge is 2.04. The molecule has 2 N–H and O–H groups in total. The van der Waals surface area contributed by atoms with E-state index in [1.54, 1.807) is 0 Å². The van der Waals surface area contributed by atoms with Gasteiger partial charge in [0.2, 0.25) is 5.91 Å². The number of H-pyrrole nitrogens is 1. The lowest BCUT2D eigenvalue weighted by molar-refractivity contribution is -0.134. The second kappa shape index (κ2) is 5.59. The molecule has 0 saturated heterocycles. The highest BCUT2D eigenvalue weighted by atomic mass is 16.5. The summed E-state index contributed by atoms with van der Waals surface area (Å²) in [6.07, 6.45) is 3.77. The summed E-state index contributed by atoms with van der Waals surface area (Å²) in [6.45, 7) is 1.30. The van der Waals surface area contributed by atoms with Crippen LogP contribution in [0, 0.1) is 0 Å². The van der Waals surface area contributed by atoms with Gasteiger partial charge in [-0.25, -0.2) is 14.6 Å². The third kappa shape index (κ3) is 3.90. The molecule has 1 amide bonds. The lowest BCUT2D eigenvalue weighted by Crippen LogP contribution is -2.17. The number of carbonyl (C=O) groups excluding carboxylic acids is 2. The Hall–Kier alpha value is -2.44. The minimum atomic E-state index is -0.594. The van der Waals surface area contributed by atoms with Crippen molar-refractivity contribution in [2.75, 3.05) is 12.4 Å². The van der Waals surface area contributed by atoms with Crippen molar-refractivity contribution >= 4 is 23.8 Å². The van der Waals surface area contributed by atoms with Crippen LogP contribution in [0.1, 0.15) is 12.5 Å². The summed E-state index contributed by atoms with van der Waals surface area (Å²) in [4.78, 5) is 38.6. The number of hydrogen-bond donors (Lipinski definition) is 2. The number of aromatic nitrogens is 2. The predicted molar refractivity (Wildman–Crippen MR) is 60.2 cm³/mol. The first-order valence-corrected chi connectivity index (χ1v) is 4.66. The second-order valence-electron chi connectivity index (χ2n) is 3.06. The molecule has 1 aromatic rings. The molecule has 0 aromatic carbocycles. The van der Waals surface area contributed by atoms with Gasteiger partial charge < -0.3 is 10.1 Å². The Morgan fingerprint density at radius 3 is 2.82 bits per heavy atom. The first kappa shape index (κ1) is 12.6. The van der Waals surface area contributed by atoms with Crippen LogP contribution in [0.3, 0.4) is 0 Å². The van der Waals surface area contributed by atoms with Gasteiger partial charge in [-0.05, 0) is 6.08 Å². The number of aromatic amines is 1. The van der Waals surface area contributed by atoms with Crippen molar-refractivity contribution in [3.05, 3.63) is 28.3 Å². The van der Waals surface area contributed by atoms with Gasteiger partial charge in [0.15, 0.2) is 0 Å². The monoisotopic (exact) mass is 237 g/mol. The molecular weight excluding hydrogens is 226 g/mol. The normalized spacial score (nSPS) is 10.2. The van der Waals surface area contributed by atoms with Crippen molar-refractivity contribution in [3.63, 3.8) is 0 Å². The molecular formula is C10H11N3O4. The zero-order chi connectivity index (χ0) is 12.8. The van der Waals surface area contributed by atoms with E-state index in [1.807, 2.05) is 0 Å². The highest BCUT2D eigenvalue weighted by Crippen LogP contribution is 2.10. The molecule has 0 aliphatic heterocycles. The van der Waals surface area contributed by atoms with Crippen molar-refractivity contribution in [1.29, 1.82) is 0 Å². The molecule has 90 valence electrons. The molecule has 1 rings (SSSR count). The molecule has 7 nitrogen and oxygen atoms in total. The third-order valence-corrected chi connectivity index (χ3v) is 1.74. The van der Waals surface area contributed by atoms with E-state index in [-0.39, 0.29) is 11.7 Å². The van der Waals surface area contributed by atoms with Gasteiger partial charge in [0.05, 0.1) is 7.11 Å². The Morgan fingerprint density at radius 2 is 2.24 bits per heavy atom. The zero-order valence-electron chi connectivity index (χ0n) is 9.31. The molecule has 0 aliphatic rings. The minimum Gasteiger partial charge on any atom is -0.466 e. The molecule has 17 heavy (non-hydrogen) atoms. The van der Waals surface area contributed by atoms with Crippen LogP contribution in [0.4, 0.5) is 5.82 Å². The fraction of sp³-hybridized carbons (Fsp3) is 0.200. The predicted octanol–water partition coefficient (Wildman–Crippen LogP) is -0.0855. The first-order chi connectivity index (χ1) is 8.02. The number of carbonyl (C=O) groups is 2. The maximum atomic E-state index is 11.0. The smallest absolute Gasteiger partial charge is 0.346 e. The lowest BCUT2D eigenvalue weighted by atomic mass is 10.2. The van der Waals surface area contributed by atoms with Crippen LogP contribution in [-0.4, -0.2) is 29.0 Å². The minimum absolute atomic E-state index is 0.178. The van der Waals surface area contributed by atoms with E-state index in [1.165, 1.54) is 26.3 Å². The van der Waals surface area contributed by atoms with Crippen molar-refractivity contribution in [1.82, 2.24) is 9.97 Å². The number of esters is 1. The first-order valence-electron chi connectivity index (χ1n) is 4.66. The molecule has 0 fully saturated rings. The van der Waals surface area contributed by atoms with Crippen LogP contribution in [0.2, 0.25) is 0 Å². The summed E-state index contributed by atoms with van der Waals surface area (Å²) in [5.41, 5.74) is -0.200. The molecule has 0 saturated carbocycles. The van der Waals surface area contributed by atoms with Crippen molar-refractivity contribution < 1.29 is 14.3 Å². The summed E-state index contributed by atoms with van der Waals surface area (Å²) in [5.74, 6) is -0.720. The van der Waals surface area contributed by atoms with Crippen LogP contribution < -0.4 is 11.0 Å². The maximum Gasteiger partial charge on any atom is 0.346 e. The Balaban J connectivity index is 3.05. The average Bonchev–Trinajstić information content (AvgIpc) is 2.26. The number of methoxy groups -OCH3 is 1.